The molecule has 0 aliphatic heterocycles. The maximum atomic E-state index is 11.5. The van der Waals surface area contributed by atoms with E-state index in [4.69, 9.17) is 5.11 Å². The average molecular weight is 308 g/mol. The summed E-state index contributed by atoms with van der Waals surface area (Å²) < 4.78 is 0. The van der Waals surface area contributed by atoms with Gasteiger partial charge in [-0.3, -0.25) is 9.59 Å². The van der Waals surface area contributed by atoms with E-state index in [1.807, 2.05) is 0 Å². The average Bonchev–Trinajstić information content (AvgIpc) is 2.32. The number of rotatable bonds is 9. The number of carbonyl (C=O) groups excluding carboxylic acids is 2. The Labute approximate surface area is 119 Å². The minimum Gasteiger partial charge on any atom is -0.480 e. The van der Waals surface area contributed by atoms with Crippen molar-refractivity contribution >= 4 is 28.8 Å². The van der Waals surface area contributed by atoms with Gasteiger partial charge in [0, 0.05) is 12.2 Å². The van der Waals surface area contributed by atoms with Crippen LogP contribution in [0, 0.1) is 10.1 Å². The lowest BCUT2D eigenvalue weighted by Crippen LogP contribution is -2.43. The van der Waals surface area contributed by atoms with Gasteiger partial charge in [-0.15, -0.1) is 10.1 Å². The highest BCUT2D eigenvalue weighted by Gasteiger charge is 2.22. The van der Waals surface area contributed by atoms with Crippen molar-refractivity contribution in [1.29, 1.82) is 0 Å². The van der Waals surface area contributed by atoms with Crippen LogP contribution in [0.5, 0.6) is 0 Å². The number of nitrogens with zero attached hydrogens (tertiary/aromatic N) is 1. The Morgan fingerprint density at radius 1 is 1.45 bits per heavy atom. The first-order valence-electron chi connectivity index (χ1n) is 5.75. The number of hydrogen-bond donors (Lipinski definition) is 2. The summed E-state index contributed by atoms with van der Waals surface area (Å²) in [6.07, 6.45) is -1.07. The fraction of sp³-hybridized carbons (Fsp3) is 0.700. The lowest BCUT2D eigenvalue weighted by Gasteiger charge is -2.15. The molecule has 1 amide bonds. The monoisotopic (exact) mass is 308 g/mol. The molecule has 0 saturated carbocycles. The van der Waals surface area contributed by atoms with E-state index in [1.54, 1.807) is 6.92 Å². The summed E-state index contributed by atoms with van der Waals surface area (Å²) in [5.74, 6) is -2.08. The molecule has 0 bridgehead atoms. The topological polar surface area (TPSA) is 136 Å². The van der Waals surface area contributed by atoms with Gasteiger partial charge in [0.25, 0.3) is 5.09 Å². The number of hydrogen-bond acceptors (Lipinski definition) is 7. The summed E-state index contributed by atoms with van der Waals surface area (Å²) >= 11 is 0.810. The van der Waals surface area contributed by atoms with Crippen molar-refractivity contribution < 1.29 is 29.4 Å². The molecule has 2 unspecified atom stereocenters. The molecule has 0 rings (SSSR count). The number of aliphatic carboxylic acids is 1. The van der Waals surface area contributed by atoms with Crippen molar-refractivity contribution in [1.82, 2.24) is 5.32 Å². The van der Waals surface area contributed by atoms with Gasteiger partial charge in [-0.2, -0.15) is 0 Å². The lowest BCUT2D eigenvalue weighted by molar-refractivity contribution is -0.767. The van der Waals surface area contributed by atoms with Gasteiger partial charge < -0.3 is 15.3 Å². The van der Waals surface area contributed by atoms with Gasteiger partial charge in [0.15, 0.2) is 5.12 Å². The highest BCUT2D eigenvalue weighted by atomic mass is 32.2. The molecule has 9 nitrogen and oxygen atoms in total. The zero-order valence-corrected chi connectivity index (χ0v) is 11.8. The minimum absolute atomic E-state index is 0.0990. The fourth-order valence-electron chi connectivity index (χ4n) is 1.15. The molecule has 2 N–H and O–H groups in total. The van der Waals surface area contributed by atoms with Gasteiger partial charge in [0.05, 0.1) is 6.42 Å². The first-order valence-corrected chi connectivity index (χ1v) is 6.73. The molecule has 2 atom stereocenters. The predicted octanol–water partition coefficient (Wildman–Crippen LogP) is 0.212. The van der Waals surface area contributed by atoms with Gasteiger partial charge in [-0.1, -0.05) is 18.7 Å². The van der Waals surface area contributed by atoms with Crippen LogP contribution in [0.3, 0.4) is 0 Å². The third kappa shape index (κ3) is 8.29. The Morgan fingerprint density at radius 2 is 2.05 bits per heavy atom. The summed E-state index contributed by atoms with van der Waals surface area (Å²) in [4.78, 5) is 47.7. The molecule has 0 saturated heterocycles. The fourth-order valence-corrected chi connectivity index (χ4v) is 1.93. The van der Waals surface area contributed by atoms with Gasteiger partial charge >= 0.3 is 5.97 Å². The van der Waals surface area contributed by atoms with Crippen molar-refractivity contribution in [2.45, 2.75) is 38.8 Å². The van der Waals surface area contributed by atoms with Crippen LogP contribution < -0.4 is 5.32 Å². The molecule has 0 aliphatic carbocycles. The third-order valence-corrected chi connectivity index (χ3v) is 3.18. The molecule has 0 spiro atoms. The number of nitrogens with one attached hydrogen (secondary N) is 1. The standard InChI is InChI=1S/C10H16N2O7S/c1-3-9(14)20-5-7(10(15)16)11-8(13)4-6(2)19-12(17)18/h6-7H,3-5H2,1-2H3,(H,11,13)(H,15,16). The Balaban J connectivity index is 4.30. The van der Waals surface area contributed by atoms with Crippen molar-refractivity contribution in [3.05, 3.63) is 10.1 Å². The van der Waals surface area contributed by atoms with Crippen molar-refractivity contribution in [2.75, 3.05) is 5.75 Å². The largest absolute Gasteiger partial charge is 0.480 e. The molecule has 0 heterocycles. The van der Waals surface area contributed by atoms with E-state index in [0.717, 1.165) is 11.8 Å². The Bertz CT molecular complexity index is 388. The molecule has 10 heteroatoms. The maximum Gasteiger partial charge on any atom is 0.327 e. The molecule has 114 valence electrons. The van der Waals surface area contributed by atoms with Crippen molar-refractivity contribution in [2.24, 2.45) is 0 Å². The molecule has 0 fully saturated rings. The van der Waals surface area contributed by atoms with Crippen LogP contribution in [0.2, 0.25) is 0 Å². The summed E-state index contributed by atoms with van der Waals surface area (Å²) in [6.45, 7) is 2.95. The van der Waals surface area contributed by atoms with Crippen LogP contribution in [0.1, 0.15) is 26.7 Å². The Hall–Kier alpha value is -1.84. The number of carboxylic acids is 1. The van der Waals surface area contributed by atoms with E-state index in [9.17, 15) is 24.5 Å². The minimum atomic E-state index is -1.28. The summed E-state index contributed by atoms with van der Waals surface area (Å²) in [5, 5.41) is 19.9. The first kappa shape index (κ1) is 18.2. The normalized spacial score (nSPS) is 13.1. The van der Waals surface area contributed by atoms with E-state index in [-0.39, 0.29) is 23.7 Å². The van der Waals surface area contributed by atoms with E-state index < -0.39 is 29.1 Å². The first-order chi connectivity index (χ1) is 9.26. The summed E-state index contributed by atoms with van der Waals surface area (Å²) in [6, 6.07) is -1.23. The van der Waals surface area contributed by atoms with E-state index in [2.05, 4.69) is 10.2 Å². The second-order valence-electron chi connectivity index (χ2n) is 3.84. The smallest absolute Gasteiger partial charge is 0.327 e. The number of amides is 1. The molecular formula is C10H16N2O7S. The molecule has 0 aromatic heterocycles. The molecule has 20 heavy (non-hydrogen) atoms. The van der Waals surface area contributed by atoms with Gasteiger partial charge in [-0.25, -0.2) is 4.79 Å². The second kappa shape index (κ2) is 9.13. The van der Waals surface area contributed by atoms with Crippen LogP contribution in [-0.2, 0) is 19.2 Å². The van der Waals surface area contributed by atoms with Gasteiger partial charge in [-0.05, 0) is 6.92 Å². The van der Waals surface area contributed by atoms with Crippen molar-refractivity contribution in [3.63, 3.8) is 0 Å². The lowest BCUT2D eigenvalue weighted by atomic mass is 10.2. The number of carboxylic acid groups (broad SMARTS) is 1. The van der Waals surface area contributed by atoms with E-state index in [1.165, 1.54) is 6.92 Å². The zero-order valence-electron chi connectivity index (χ0n) is 11.0. The van der Waals surface area contributed by atoms with Gasteiger partial charge in [0.2, 0.25) is 5.91 Å². The Kier molecular flexibility index (Phi) is 8.29. The molecule has 0 aromatic carbocycles. The number of carbonyl (C=O) groups is 3. The molecule has 0 aliphatic rings. The van der Waals surface area contributed by atoms with Crippen LogP contribution in [0.15, 0.2) is 0 Å². The highest BCUT2D eigenvalue weighted by molar-refractivity contribution is 8.13. The van der Waals surface area contributed by atoms with E-state index >= 15 is 0 Å². The molecule has 0 aromatic rings. The third-order valence-electron chi connectivity index (χ3n) is 2.07. The highest BCUT2D eigenvalue weighted by Crippen LogP contribution is 2.08. The summed E-state index contributed by atoms with van der Waals surface area (Å²) in [7, 11) is 0. The quantitative estimate of drug-likeness (QED) is 0.456. The molecule has 0 radical (unpaired) electrons. The summed E-state index contributed by atoms with van der Waals surface area (Å²) in [5.41, 5.74) is 0. The second-order valence-corrected chi connectivity index (χ2v) is 4.92. The van der Waals surface area contributed by atoms with Crippen LogP contribution in [-0.4, -0.2) is 45.1 Å². The molecular weight excluding hydrogens is 292 g/mol. The van der Waals surface area contributed by atoms with E-state index in [0.29, 0.717) is 0 Å². The maximum absolute atomic E-state index is 11.5. The van der Waals surface area contributed by atoms with Crippen LogP contribution in [0.25, 0.3) is 0 Å². The van der Waals surface area contributed by atoms with Crippen LogP contribution >= 0.6 is 11.8 Å². The SMILES string of the molecule is CCC(=O)SCC(NC(=O)CC(C)O[N+](=O)[O-])C(=O)O. The van der Waals surface area contributed by atoms with Crippen LogP contribution in [0.4, 0.5) is 0 Å². The van der Waals surface area contributed by atoms with Gasteiger partial charge in [0.1, 0.15) is 12.1 Å². The number of thioether (sulfide) groups is 1. The zero-order chi connectivity index (χ0) is 15.7. The predicted molar refractivity (Wildman–Crippen MR) is 69.5 cm³/mol. The Morgan fingerprint density at radius 3 is 2.50 bits per heavy atom. The van der Waals surface area contributed by atoms with Crippen molar-refractivity contribution in [3.8, 4) is 0 Å².